The molecule has 0 bridgehead atoms. The summed E-state index contributed by atoms with van der Waals surface area (Å²) >= 11 is 0. The van der Waals surface area contributed by atoms with Gasteiger partial charge in [0.2, 0.25) is 0 Å². The summed E-state index contributed by atoms with van der Waals surface area (Å²) < 4.78 is 18.4. The Morgan fingerprint density at radius 1 is 1.26 bits per heavy atom. The lowest BCUT2D eigenvalue weighted by molar-refractivity contribution is -0.127. The molecule has 5 heteroatoms. The first-order valence-corrected chi connectivity index (χ1v) is 7.40. The number of aryl methyl sites for hydroxylation is 1. The summed E-state index contributed by atoms with van der Waals surface area (Å²) in [5, 5.41) is 12.6. The summed E-state index contributed by atoms with van der Waals surface area (Å²) in [6.07, 6.45) is -1.58. The Morgan fingerprint density at radius 2 is 1.96 bits per heavy atom. The third-order valence-corrected chi connectivity index (χ3v) is 3.40. The zero-order valence-corrected chi connectivity index (χ0v) is 13.1. The first-order valence-electron chi connectivity index (χ1n) is 7.40. The van der Waals surface area contributed by atoms with Gasteiger partial charge in [0.1, 0.15) is 11.6 Å². The zero-order chi connectivity index (χ0) is 16.8. The standard InChI is InChI=1S/C18H20FNO3/c1-12-4-3-5-16(10-12)23-13(2)18(22)20-11-17(21)14-6-8-15(19)9-7-14/h3-10,13,17,21H,11H2,1-2H3,(H,20,22). The molecule has 0 saturated carbocycles. The molecule has 0 aliphatic heterocycles. The Kier molecular flexibility index (Phi) is 5.71. The molecular formula is C18H20FNO3. The number of ether oxygens (including phenoxy) is 1. The third kappa shape index (κ3) is 5.07. The van der Waals surface area contributed by atoms with Crippen LogP contribution in [0.25, 0.3) is 0 Å². The second kappa shape index (κ2) is 7.74. The van der Waals surface area contributed by atoms with Gasteiger partial charge in [-0.05, 0) is 49.2 Å². The second-order valence-electron chi connectivity index (χ2n) is 5.39. The SMILES string of the molecule is Cc1cccc(OC(C)C(=O)NCC(O)c2ccc(F)cc2)c1. The van der Waals surface area contributed by atoms with Crippen LogP contribution in [0.5, 0.6) is 5.75 Å². The van der Waals surface area contributed by atoms with Crippen LogP contribution in [0.4, 0.5) is 4.39 Å². The topological polar surface area (TPSA) is 58.6 Å². The number of nitrogens with one attached hydrogen (secondary N) is 1. The van der Waals surface area contributed by atoms with Crippen molar-refractivity contribution < 1.29 is 19.0 Å². The highest BCUT2D eigenvalue weighted by atomic mass is 19.1. The molecule has 23 heavy (non-hydrogen) atoms. The largest absolute Gasteiger partial charge is 0.481 e. The van der Waals surface area contributed by atoms with E-state index < -0.39 is 12.2 Å². The number of aliphatic hydroxyl groups excluding tert-OH is 1. The summed E-state index contributed by atoms with van der Waals surface area (Å²) in [6, 6.07) is 12.9. The van der Waals surface area contributed by atoms with Crippen molar-refractivity contribution >= 4 is 5.91 Å². The van der Waals surface area contributed by atoms with Crippen LogP contribution in [0.3, 0.4) is 0 Å². The Labute approximate surface area is 134 Å². The minimum absolute atomic E-state index is 0.0337. The molecule has 0 heterocycles. The summed E-state index contributed by atoms with van der Waals surface area (Å²) in [7, 11) is 0. The molecule has 122 valence electrons. The normalized spacial score (nSPS) is 13.2. The predicted octanol–water partition coefficient (Wildman–Crippen LogP) is 2.75. The molecule has 2 rings (SSSR count). The Bertz CT molecular complexity index is 658. The van der Waals surface area contributed by atoms with Crippen LogP contribution in [-0.4, -0.2) is 23.7 Å². The van der Waals surface area contributed by atoms with Gasteiger partial charge >= 0.3 is 0 Å². The summed E-state index contributed by atoms with van der Waals surface area (Å²) in [5.41, 5.74) is 1.58. The minimum Gasteiger partial charge on any atom is -0.481 e. The molecule has 0 aliphatic rings. The van der Waals surface area contributed by atoms with E-state index >= 15 is 0 Å². The van der Waals surface area contributed by atoms with Crippen LogP contribution in [0, 0.1) is 12.7 Å². The van der Waals surface area contributed by atoms with Crippen molar-refractivity contribution in [1.82, 2.24) is 5.32 Å². The van der Waals surface area contributed by atoms with Gasteiger partial charge in [0.25, 0.3) is 5.91 Å². The smallest absolute Gasteiger partial charge is 0.260 e. The van der Waals surface area contributed by atoms with E-state index in [1.165, 1.54) is 24.3 Å². The van der Waals surface area contributed by atoms with Gasteiger partial charge in [0, 0.05) is 6.54 Å². The van der Waals surface area contributed by atoms with E-state index in [4.69, 9.17) is 4.74 Å². The fourth-order valence-corrected chi connectivity index (χ4v) is 2.09. The van der Waals surface area contributed by atoms with Crippen molar-refractivity contribution in [3.05, 3.63) is 65.5 Å². The highest BCUT2D eigenvalue weighted by Crippen LogP contribution is 2.15. The molecule has 0 aromatic heterocycles. The van der Waals surface area contributed by atoms with E-state index in [0.29, 0.717) is 11.3 Å². The molecule has 2 aromatic carbocycles. The van der Waals surface area contributed by atoms with E-state index in [0.717, 1.165) is 5.56 Å². The van der Waals surface area contributed by atoms with Crippen LogP contribution >= 0.6 is 0 Å². The first-order chi connectivity index (χ1) is 11.0. The van der Waals surface area contributed by atoms with E-state index in [-0.39, 0.29) is 18.3 Å². The van der Waals surface area contributed by atoms with E-state index in [2.05, 4.69) is 5.32 Å². The number of carbonyl (C=O) groups is 1. The molecule has 1 amide bonds. The van der Waals surface area contributed by atoms with Crippen molar-refractivity contribution in [3.63, 3.8) is 0 Å². The van der Waals surface area contributed by atoms with E-state index in [9.17, 15) is 14.3 Å². The molecule has 0 saturated heterocycles. The van der Waals surface area contributed by atoms with Gasteiger partial charge < -0.3 is 15.2 Å². The van der Waals surface area contributed by atoms with E-state index in [1.54, 1.807) is 13.0 Å². The molecule has 0 aliphatic carbocycles. The zero-order valence-electron chi connectivity index (χ0n) is 13.1. The van der Waals surface area contributed by atoms with Crippen LogP contribution in [0.1, 0.15) is 24.2 Å². The fraction of sp³-hybridized carbons (Fsp3) is 0.278. The van der Waals surface area contributed by atoms with Crippen LogP contribution < -0.4 is 10.1 Å². The summed E-state index contributed by atoms with van der Waals surface area (Å²) in [4.78, 5) is 12.0. The van der Waals surface area contributed by atoms with Gasteiger partial charge in [-0.25, -0.2) is 4.39 Å². The van der Waals surface area contributed by atoms with Gasteiger partial charge in [-0.2, -0.15) is 0 Å². The minimum atomic E-state index is -0.897. The maximum absolute atomic E-state index is 12.8. The molecule has 0 radical (unpaired) electrons. The first kappa shape index (κ1) is 17.0. The van der Waals surface area contributed by atoms with Gasteiger partial charge in [-0.1, -0.05) is 24.3 Å². The summed E-state index contributed by atoms with van der Waals surface area (Å²) in [6.45, 7) is 3.62. The predicted molar refractivity (Wildman–Crippen MR) is 85.6 cm³/mol. The lowest BCUT2D eigenvalue weighted by Gasteiger charge is -2.17. The molecule has 4 nitrogen and oxygen atoms in total. The molecule has 2 aromatic rings. The van der Waals surface area contributed by atoms with Gasteiger partial charge in [0.15, 0.2) is 6.10 Å². The quantitative estimate of drug-likeness (QED) is 0.861. The maximum Gasteiger partial charge on any atom is 0.260 e. The fourth-order valence-electron chi connectivity index (χ4n) is 2.09. The Hall–Kier alpha value is -2.40. The highest BCUT2D eigenvalue weighted by Gasteiger charge is 2.16. The van der Waals surface area contributed by atoms with Crippen LogP contribution in [0.15, 0.2) is 48.5 Å². The van der Waals surface area contributed by atoms with Crippen molar-refractivity contribution in [3.8, 4) is 5.75 Å². The van der Waals surface area contributed by atoms with E-state index in [1.807, 2.05) is 25.1 Å². The second-order valence-corrected chi connectivity index (χ2v) is 5.39. The van der Waals surface area contributed by atoms with Crippen molar-refractivity contribution in [2.75, 3.05) is 6.54 Å². The Balaban J connectivity index is 1.85. The molecular weight excluding hydrogens is 297 g/mol. The van der Waals surface area contributed by atoms with Gasteiger partial charge in [-0.3, -0.25) is 4.79 Å². The number of hydrogen-bond donors (Lipinski definition) is 2. The number of amides is 1. The maximum atomic E-state index is 12.8. The monoisotopic (exact) mass is 317 g/mol. The van der Waals surface area contributed by atoms with Crippen molar-refractivity contribution in [2.24, 2.45) is 0 Å². The molecule has 2 N–H and O–H groups in total. The number of carbonyl (C=O) groups excluding carboxylic acids is 1. The molecule has 0 fully saturated rings. The average Bonchev–Trinajstić information content (AvgIpc) is 2.53. The highest BCUT2D eigenvalue weighted by molar-refractivity contribution is 5.80. The van der Waals surface area contributed by atoms with Crippen LogP contribution in [0.2, 0.25) is 0 Å². The molecule has 0 spiro atoms. The Morgan fingerprint density at radius 3 is 2.61 bits per heavy atom. The summed E-state index contributed by atoms with van der Waals surface area (Å²) in [5.74, 6) is -0.0791. The number of halogens is 1. The number of hydrogen-bond acceptors (Lipinski definition) is 3. The molecule has 2 unspecified atom stereocenters. The number of benzene rings is 2. The number of rotatable bonds is 6. The lowest BCUT2D eigenvalue weighted by atomic mass is 10.1. The van der Waals surface area contributed by atoms with Crippen molar-refractivity contribution in [2.45, 2.75) is 26.1 Å². The average molecular weight is 317 g/mol. The lowest BCUT2D eigenvalue weighted by Crippen LogP contribution is -2.38. The van der Waals surface area contributed by atoms with Gasteiger partial charge in [0.05, 0.1) is 6.10 Å². The third-order valence-electron chi connectivity index (χ3n) is 3.40. The van der Waals surface area contributed by atoms with Crippen molar-refractivity contribution in [1.29, 1.82) is 0 Å². The number of aliphatic hydroxyl groups is 1. The molecule has 2 atom stereocenters. The van der Waals surface area contributed by atoms with Gasteiger partial charge in [-0.15, -0.1) is 0 Å². The van der Waals surface area contributed by atoms with Crippen LogP contribution in [-0.2, 0) is 4.79 Å².